The second-order valence-corrected chi connectivity index (χ2v) is 4.64. The van der Waals surface area contributed by atoms with E-state index in [4.69, 9.17) is 9.84 Å². The molecule has 0 amide bonds. The van der Waals surface area contributed by atoms with E-state index in [-0.39, 0.29) is 6.61 Å². The van der Waals surface area contributed by atoms with Crippen molar-refractivity contribution in [1.82, 2.24) is 8.75 Å². The second-order valence-electron chi connectivity index (χ2n) is 4.11. The van der Waals surface area contributed by atoms with E-state index in [1.54, 1.807) is 0 Å². The molecule has 2 heterocycles. The minimum absolute atomic E-state index is 0.339. The van der Waals surface area contributed by atoms with Gasteiger partial charge in [0.25, 0.3) is 5.88 Å². The molecule has 1 N–H and O–H groups in total. The molecule has 1 aliphatic heterocycles. The van der Waals surface area contributed by atoms with Crippen molar-refractivity contribution >= 4 is 23.5 Å². The number of hydrogen-bond donors (Lipinski definition) is 1. The number of anilines is 1. The van der Waals surface area contributed by atoms with Crippen LogP contribution in [0.4, 0.5) is 5.82 Å². The first-order valence-electron chi connectivity index (χ1n) is 5.62. The van der Waals surface area contributed by atoms with Crippen LogP contribution >= 0.6 is 11.7 Å². The van der Waals surface area contributed by atoms with Crippen molar-refractivity contribution in [3.8, 4) is 5.88 Å². The summed E-state index contributed by atoms with van der Waals surface area (Å²) in [7, 11) is 0. The van der Waals surface area contributed by atoms with Gasteiger partial charge in [0.05, 0.1) is 11.7 Å². The molecule has 0 aromatic carbocycles. The molecule has 94 valence electrons. The Morgan fingerprint density at radius 1 is 1.59 bits per heavy atom. The number of ether oxygens (including phenoxy) is 1. The number of carboxylic acids is 1. The monoisotopic (exact) mass is 257 g/mol. The summed E-state index contributed by atoms with van der Waals surface area (Å²) in [6.07, 6.45) is 3.47. The highest BCUT2D eigenvalue weighted by Gasteiger charge is 2.24. The van der Waals surface area contributed by atoms with Crippen LogP contribution in [-0.2, 0) is 4.79 Å². The van der Waals surface area contributed by atoms with Crippen molar-refractivity contribution in [1.29, 1.82) is 0 Å². The van der Waals surface area contributed by atoms with Gasteiger partial charge >= 0.3 is 5.97 Å². The zero-order chi connectivity index (χ0) is 12.3. The lowest BCUT2D eigenvalue weighted by molar-refractivity contribution is -0.139. The summed E-state index contributed by atoms with van der Waals surface area (Å²) < 4.78 is 13.3. The quantitative estimate of drug-likeness (QED) is 0.878. The van der Waals surface area contributed by atoms with Gasteiger partial charge in [0.2, 0.25) is 5.82 Å². The van der Waals surface area contributed by atoms with Crippen LogP contribution in [-0.4, -0.2) is 39.0 Å². The number of carboxylic acid groups (broad SMARTS) is 1. The number of piperidine rings is 1. The zero-order valence-corrected chi connectivity index (χ0v) is 10.4. The van der Waals surface area contributed by atoms with Crippen molar-refractivity contribution in [2.45, 2.75) is 32.2 Å². The van der Waals surface area contributed by atoms with Crippen molar-refractivity contribution in [3.05, 3.63) is 0 Å². The normalized spacial score (nSPS) is 20.3. The maximum atomic E-state index is 10.5. The van der Waals surface area contributed by atoms with Gasteiger partial charge in [-0.05, 0) is 26.2 Å². The van der Waals surface area contributed by atoms with Crippen LogP contribution < -0.4 is 9.64 Å². The van der Waals surface area contributed by atoms with E-state index in [0.29, 0.717) is 17.7 Å². The molecule has 17 heavy (non-hydrogen) atoms. The molecule has 1 fully saturated rings. The molecule has 0 aliphatic carbocycles. The summed E-state index contributed by atoms with van der Waals surface area (Å²) in [5.74, 6) is 0.0187. The summed E-state index contributed by atoms with van der Waals surface area (Å²) in [4.78, 5) is 12.6. The predicted octanol–water partition coefficient (Wildman–Crippen LogP) is 1.38. The van der Waals surface area contributed by atoms with Crippen LogP contribution in [0, 0.1) is 0 Å². The Kier molecular flexibility index (Phi) is 3.78. The van der Waals surface area contributed by atoms with Gasteiger partial charge in [0.15, 0.2) is 6.61 Å². The largest absolute Gasteiger partial charge is 0.479 e. The molecule has 6 nitrogen and oxygen atoms in total. The molecule has 0 saturated carbocycles. The van der Waals surface area contributed by atoms with Gasteiger partial charge in [-0.15, -0.1) is 4.37 Å². The first-order valence-corrected chi connectivity index (χ1v) is 6.35. The number of aromatic nitrogens is 2. The van der Waals surface area contributed by atoms with E-state index in [2.05, 4.69) is 20.6 Å². The number of aliphatic carboxylic acids is 1. The maximum Gasteiger partial charge on any atom is 0.341 e. The van der Waals surface area contributed by atoms with Crippen LogP contribution in [0.15, 0.2) is 0 Å². The van der Waals surface area contributed by atoms with E-state index in [1.807, 2.05) is 0 Å². The van der Waals surface area contributed by atoms with Crippen molar-refractivity contribution in [2.75, 3.05) is 18.1 Å². The topological polar surface area (TPSA) is 75.5 Å². The molecule has 1 aromatic heterocycles. The molecule has 0 spiro atoms. The molecule has 1 aliphatic rings. The standard InChI is InChI=1S/C10H15N3O3S/c1-7-4-2-3-5-13(7)9-10(12-17-11-9)16-6-8(14)15/h7H,2-6H2,1H3,(H,14,15). The Bertz CT molecular complexity index is 396. The first-order chi connectivity index (χ1) is 8.18. The Balaban J connectivity index is 2.09. The minimum Gasteiger partial charge on any atom is -0.479 e. The molecule has 1 saturated heterocycles. The van der Waals surface area contributed by atoms with Gasteiger partial charge in [0, 0.05) is 12.6 Å². The Labute approximate surface area is 104 Å². The number of rotatable bonds is 4. The van der Waals surface area contributed by atoms with Gasteiger partial charge in [-0.1, -0.05) is 0 Å². The lowest BCUT2D eigenvalue weighted by Crippen LogP contribution is -2.37. The van der Waals surface area contributed by atoms with Crippen LogP contribution in [0.5, 0.6) is 5.88 Å². The number of nitrogens with zero attached hydrogens (tertiary/aromatic N) is 3. The number of carbonyl (C=O) groups is 1. The van der Waals surface area contributed by atoms with E-state index in [1.165, 1.54) is 6.42 Å². The van der Waals surface area contributed by atoms with Crippen LogP contribution in [0.3, 0.4) is 0 Å². The smallest absolute Gasteiger partial charge is 0.341 e. The predicted molar refractivity (Wildman–Crippen MR) is 63.7 cm³/mol. The van der Waals surface area contributed by atoms with Crippen LogP contribution in [0.2, 0.25) is 0 Å². The van der Waals surface area contributed by atoms with Gasteiger partial charge in [-0.2, -0.15) is 4.37 Å². The fourth-order valence-corrected chi connectivity index (χ4v) is 2.49. The SMILES string of the molecule is CC1CCCCN1c1nsnc1OCC(=O)O. The molecule has 0 radical (unpaired) electrons. The Morgan fingerprint density at radius 3 is 3.12 bits per heavy atom. The lowest BCUT2D eigenvalue weighted by atomic mass is 10.0. The van der Waals surface area contributed by atoms with E-state index >= 15 is 0 Å². The third-order valence-electron chi connectivity index (χ3n) is 2.85. The van der Waals surface area contributed by atoms with Gasteiger partial charge in [-0.3, -0.25) is 0 Å². The lowest BCUT2D eigenvalue weighted by Gasteiger charge is -2.33. The highest BCUT2D eigenvalue weighted by molar-refractivity contribution is 6.99. The molecule has 0 bridgehead atoms. The molecule has 1 aromatic rings. The third-order valence-corrected chi connectivity index (χ3v) is 3.35. The van der Waals surface area contributed by atoms with Crippen LogP contribution in [0.25, 0.3) is 0 Å². The first kappa shape index (κ1) is 12.1. The second kappa shape index (κ2) is 5.31. The Morgan fingerprint density at radius 2 is 2.41 bits per heavy atom. The molecular weight excluding hydrogens is 242 g/mol. The third kappa shape index (κ3) is 2.85. The van der Waals surface area contributed by atoms with E-state index in [0.717, 1.165) is 31.1 Å². The molecule has 2 rings (SSSR count). The highest BCUT2D eigenvalue weighted by Crippen LogP contribution is 2.30. The Hall–Kier alpha value is -1.37. The van der Waals surface area contributed by atoms with E-state index < -0.39 is 5.97 Å². The molecule has 7 heteroatoms. The van der Waals surface area contributed by atoms with Crippen LogP contribution in [0.1, 0.15) is 26.2 Å². The summed E-state index contributed by atoms with van der Waals surface area (Å²) in [5, 5.41) is 8.58. The summed E-state index contributed by atoms with van der Waals surface area (Å²) in [6, 6.07) is 0.403. The maximum absolute atomic E-state index is 10.5. The average Bonchev–Trinajstić information content (AvgIpc) is 2.75. The van der Waals surface area contributed by atoms with Crippen molar-refractivity contribution < 1.29 is 14.6 Å². The fourth-order valence-electron chi connectivity index (χ4n) is 1.99. The summed E-state index contributed by atoms with van der Waals surface area (Å²) in [5.41, 5.74) is 0. The molecule has 1 atom stereocenters. The minimum atomic E-state index is -1.00. The summed E-state index contributed by atoms with van der Waals surface area (Å²) in [6.45, 7) is 2.69. The van der Waals surface area contributed by atoms with Crippen molar-refractivity contribution in [2.24, 2.45) is 0 Å². The van der Waals surface area contributed by atoms with Crippen molar-refractivity contribution in [3.63, 3.8) is 0 Å². The van der Waals surface area contributed by atoms with E-state index in [9.17, 15) is 4.79 Å². The van der Waals surface area contributed by atoms with Gasteiger partial charge in [0.1, 0.15) is 0 Å². The molecular formula is C10H15N3O3S. The van der Waals surface area contributed by atoms with Gasteiger partial charge in [-0.25, -0.2) is 4.79 Å². The average molecular weight is 257 g/mol. The number of hydrogen-bond acceptors (Lipinski definition) is 6. The van der Waals surface area contributed by atoms with Gasteiger partial charge < -0.3 is 14.7 Å². The molecule has 1 unspecified atom stereocenters. The fraction of sp³-hybridized carbons (Fsp3) is 0.700. The highest BCUT2D eigenvalue weighted by atomic mass is 32.1. The summed E-state index contributed by atoms with van der Waals surface area (Å²) >= 11 is 1.05. The zero-order valence-electron chi connectivity index (χ0n) is 9.63.